The van der Waals surface area contributed by atoms with Crippen LogP contribution in [0, 0.1) is 0 Å². The Morgan fingerprint density at radius 3 is 2.62 bits per heavy atom. The number of aromatic nitrogens is 2. The van der Waals surface area contributed by atoms with Gasteiger partial charge in [0.15, 0.2) is 5.69 Å². The Morgan fingerprint density at radius 1 is 1.33 bits per heavy atom. The summed E-state index contributed by atoms with van der Waals surface area (Å²) in [7, 11) is 1.59. The zero-order valence-electron chi connectivity index (χ0n) is 12.4. The second kappa shape index (κ2) is 6.49. The Bertz CT molecular complexity index is 694. The molecule has 1 amide bonds. The number of benzene rings is 1. The molecule has 0 radical (unpaired) electrons. The van der Waals surface area contributed by atoms with Crippen LogP contribution in [0.5, 0.6) is 0 Å². The lowest BCUT2D eigenvalue weighted by atomic mass is 10.1. The number of hydrogen-bond acceptors (Lipinski definition) is 4. The van der Waals surface area contributed by atoms with Gasteiger partial charge in [0, 0.05) is 25.1 Å². The lowest BCUT2D eigenvalue weighted by molar-refractivity contribution is 0.0630. The van der Waals surface area contributed by atoms with E-state index in [9.17, 15) is 9.59 Å². The first kappa shape index (κ1) is 15.2. The average molecular weight is 289 g/mol. The number of hydrogen-bond donors (Lipinski definition) is 1. The molecule has 0 unspecified atom stereocenters. The van der Waals surface area contributed by atoms with E-state index >= 15 is 0 Å². The summed E-state index contributed by atoms with van der Waals surface area (Å²) < 4.78 is 5.04. The molecule has 1 aromatic heterocycles. The van der Waals surface area contributed by atoms with E-state index in [0.717, 1.165) is 0 Å². The summed E-state index contributed by atoms with van der Waals surface area (Å²) in [6, 6.07) is 6.98. The van der Waals surface area contributed by atoms with Gasteiger partial charge >= 0.3 is 0 Å². The highest BCUT2D eigenvalue weighted by molar-refractivity contribution is 6.04. The van der Waals surface area contributed by atoms with Gasteiger partial charge in [-0.1, -0.05) is 18.2 Å². The molecule has 0 aliphatic carbocycles. The number of nitrogens with zero attached hydrogens (tertiary/aromatic N) is 2. The van der Waals surface area contributed by atoms with Crippen LogP contribution in [0.4, 0.5) is 0 Å². The highest BCUT2D eigenvalue weighted by Crippen LogP contribution is 2.15. The molecule has 0 saturated heterocycles. The first-order valence-electron chi connectivity index (χ1n) is 6.83. The van der Waals surface area contributed by atoms with Crippen LogP contribution in [0.15, 0.2) is 29.1 Å². The van der Waals surface area contributed by atoms with Crippen molar-refractivity contribution in [2.24, 2.45) is 0 Å². The van der Waals surface area contributed by atoms with Crippen LogP contribution >= 0.6 is 0 Å². The number of aromatic amines is 1. The quantitative estimate of drug-likeness (QED) is 0.903. The van der Waals surface area contributed by atoms with Crippen molar-refractivity contribution in [2.75, 3.05) is 20.3 Å². The Balaban J connectivity index is 2.47. The van der Waals surface area contributed by atoms with Crippen LogP contribution < -0.4 is 5.56 Å². The molecule has 0 fully saturated rings. The number of nitrogens with one attached hydrogen (secondary N) is 1. The molecule has 112 valence electrons. The summed E-state index contributed by atoms with van der Waals surface area (Å²) >= 11 is 0. The van der Waals surface area contributed by atoms with Crippen LogP contribution in [0.1, 0.15) is 24.3 Å². The highest BCUT2D eigenvalue weighted by Gasteiger charge is 2.22. The predicted molar refractivity (Wildman–Crippen MR) is 80.4 cm³/mol. The molecule has 6 heteroatoms. The van der Waals surface area contributed by atoms with Gasteiger partial charge in [0.2, 0.25) is 0 Å². The van der Waals surface area contributed by atoms with Gasteiger partial charge < -0.3 is 9.64 Å². The molecule has 0 saturated carbocycles. The number of carbonyl (C=O) groups excluding carboxylic acids is 1. The van der Waals surface area contributed by atoms with E-state index in [1.807, 2.05) is 13.8 Å². The maximum absolute atomic E-state index is 12.7. The van der Waals surface area contributed by atoms with Crippen molar-refractivity contribution in [2.45, 2.75) is 19.9 Å². The Morgan fingerprint density at radius 2 is 2.00 bits per heavy atom. The van der Waals surface area contributed by atoms with Crippen molar-refractivity contribution in [3.8, 4) is 0 Å². The molecular weight excluding hydrogens is 270 g/mol. The Kier molecular flexibility index (Phi) is 4.70. The smallest absolute Gasteiger partial charge is 0.275 e. The number of H-pyrrole nitrogens is 1. The van der Waals surface area contributed by atoms with Crippen molar-refractivity contribution >= 4 is 16.7 Å². The first-order valence-corrected chi connectivity index (χ1v) is 6.83. The molecule has 0 aliphatic rings. The van der Waals surface area contributed by atoms with Gasteiger partial charge in [-0.3, -0.25) is 9.59 Å². The summed E-state index contributed by atoms with van der Waals surface area (Å²) in [4.78, 5) is 26.1. The molecular formula is C15H19N3O3. The largest absolute Gasteiger partial charge is 0.383 e. The van der Waals surface area contributed by atoms with E-state index in [-0.39, 0.29) is 23.2 Å². The summed E-state index contributed by atoms with van der Waals surface area (Å²) in [5.74, 6) is -0.213. The van der Waals surface area contributed by atoms with Gasteiger partial charge in [-0.05, 0) is 19.9 Å². The fourth-order valence-corrected chi connectivity index (χ4v) is 2.20. The van der Waals surface area contributed by atoms with E-state index in [1.165, 1.54) is 0 Å². The molecule has 21 heavy (non-hydrogen) atoms. The molecule has 0 aliphatic heterocycles. The van der Waals surface area contributed by atoms with Gasteiger partial charge in [0.25, 0.3) is 11.5 Å². The van der Waals surface area contributed by atoms with Crippen molar-refractivity contribution in [1.82, 2.24) is 15.1 Å². The van der Waals surface area contributed by atoms with Crippen molar-refractivity contribution < 1.29 is 9.53 Å². The zero-order chi connectivity index (χ0) is 15.4. The summed E-state index contributed by atoms with van der Waals surface area (Å²) in [6.07, 6.45) is 0. The average Bonchev–Trinajstić information content (AvgIpc) is 2.48. The van der Waals surface area contributed by atoms with E-state index < -0.39 is 0 Å². The summed E-state index contributed by atoms with van der Waals surface area (Å²) in [5, 5.41) is 7.37. The third-order valence-corrected chi connectivity index (χ3v) is 3.32. The number of fused-ring (bicyclic) bond motifs is 1. The second-order valence-electron chi connectivity index (χ2n) is 5.03. The maximum atomic E-state index is 12.7. The number of ether oxygens (including phenoxy) is 1. The number of carbonyl (C=O) groups is 1. The van der Waals surface area contributed by atoms with Gasteiger partial charge in [-0.25, -0.2) is 5.10 Å². The fourth-order valence-electron chi connectivity index (χ4n) is 2.20. The number of rotatable bonds is 5. The zero-order valence-corrected chi connectivity index (χ0v) is 12.4. The second-order valence-corrected chi connectivity index (χ2v) is 5.03. The minimum atomic E-state index is -0.296. The third-order valence-electron chi connectivity index (χ3n) is 3.32. The third kappa shape index (κ3) is 3.11. The van der Waals surface area contributed by atoms with Crippen LogP contribution in [0.25, 0.3) is 10.8 Å². The molecule has 1 heterocycles. The van der Waals surface area contributed by atoms with Crippen molar-refractivity contribution in [3.63, 3.8) is 0 Å². The fraction of sp³-hybridized carbons (Fsp3) is 0.400. The van der Waals surface area contributed by atoms with E-state index in [0.29, 0.717) is 23.9 Å². The van der Waals surface area contributed by atoms with Crippen molar-refractivity contribution in [3.05, 3.63) is 40.3 Å². The minimum absolute atomic E-state index is 0.0140. The maximum Gasteiger partial charge on any atom is 0.275 e. The Labute approximate surface area is 122 Å². The molecule has 2 aromatic rings. The van der Waals surface area contributed by atoms with Crippen molar-refractivity contribution in [1.29, 1.82) is 0 Å². The number of amides is 1. The van der Waals surface area contributed by atoms with Gasteiger partial charge in [0.1, 0.15) is 0 Å². The minimum Gasteiger partial charge on any atom is -0.383 e. The Hall–Kier alpha value is -2.21. The predicted octanol–water partition coefficient (Wildman–Crippen LogP) is 1.42. The molecule has 2 rings (SSSR count). The molecule has 1 aromatic carbocycles. The topological polar surface area (TPSA) is 75.3 Å². The highest BCUT2D eigenvalue weighted by atomic mass is 16.5. The molecule has 0 spiro atoms. The van der Waals surface area contributed by atoms with E-state index in [1.54, 1.807) is 36.3 Å². The van der Waals surface area contributed by atoms with E-state index in [2.05, 4.69) is 10.2 Å². The van der Waals surface area contributed by atoms with Crippen LogP contribution in [-0.2, 0) is 4.74 Å². The van der Waals surface area contributed by atoms with Crippen LogP contribution in [0.2, 0.25) is 0 Å². The first-order chi connectivity index (χ1) is 10.1. The van der Waals surface area contributed by atoms with Gasteiger partial charge in [0.05, 0.1) is 12.0 Å². The van der Waals surface area contributed by atoms with Crippen LogP contribution in [0.3, 0.4) is 0 Å². The SMILES string of the molecule is COCCN(C(=O)c1n[nH]c(=O)c2ccccc12)C(C)C. The lowest BCUT2D eigenvalue weighted by Gasteiger charge is -2.26. The lowest BCUT2D eigenvalue weighted by Crippen LogP contribution is -2.40. The van der Waals surface area contributed by atoms with Gasteiger partial charge in [-0.15, -0.1) is 0 Å². The monoisotopic (exact) mass is 289 g/mol. The molecule has 1 N–H and O–H groups in total. The standard InChI is InChI=1S/C15H19N3O3/c1-10(2)18(8-9-21-3)15(20)13-11-6-4-5-7-12(11)14(19)17-16-13/h4-7,10H,8-9H2,1-3H3,(H,17,19). The van der Waals surface area contributed by atoms with Crippen LogP contribution in [-0.4, -0.2) is 47.3 Å². The normalized spacial score (nSPS) is 11.0. The molecule has 0 bridgehead atoms. The molecule has 6 nitrogen and oxygen atoms in total. The summed E-state index contributed by atoms with van der Waals surface area (Å²) in [6.45, 7) is 4.79. The summed E-state index contributed by atoms with van der Waals surface area (Å²) in [5.41, 5.74) is -0.0369. The van der Waals surface area contributed by atoms with Gasteiger partial charge in [-0.2, -0.15) is 5.10 Å². The molecule has 0 atom stereocenters. The van der Waals surface area contributed by atoms with E-state index in [4.69, 9.17) is 4.74 Å². The number of methoxy groups -OCH3 is 1.